The molecule has 1 fully saturated rings. The van der Waals surface area contributed by atoms with Crippen LogP contribution in [0.4, 0.5) is 39.3 Å². The van der Waals surface area contributed by atoms with Crippen LogP contribution in [0.5, 0.6) is 0 Å². The van der Waals surface area contributed by atoms with E-state index >= 15 is 0 Å². The average Bonchev–Trinajstić information content (AvgIpc) is 2.73. The highest BCUT2D eigenvalue weighted by Gasteiger charge is 2.41. The molecule has 0 unspecified atom stereocenters. The van der Waals surface area contributed by atoms with Crippen LogP contribution in [0.2, 0.25) is 0 Å². The molecule has 1 heterocycles. The van der Waals surface area contributed by atoms with Gasteiger partial charge in [-0.1, -0.05) is 0 Å². The van der Waals surface area contributed by atoms with Crippen LogP contribution in [0.3, 0.4) is 0 Å². The van der Waals surface area contributed by atoms with E-state index in [0.29, 0.717) is 19.7 Å². The highest BCUT2D eigenvalue weighted by molar-refractivity contribution is 6.00. The molecular weight excluding hydrogens is 437 g/mol. The van der Waals surface area contributed by atoms with Gasteiger partial charge in [-0.15, -0.1) is 0 Å². The van der Waals surface area contributed by atoms with E-state index < -0.39 is 37.0 Å². The normalized spacial score (nSPS) is 19.1. The Hall–Kier alpha value is -2.37. The summed E-state index contributed by atoms with van der Waals surface area (Å²) in [6.45, 7) is 2.35. The number of rotatable bonds is 10. The molecule has 1 aromatic rings. The van der Waals surface area contributed by atoms with E-state index in [-0.39, 0.29) is 48.6 Å². The number of nitrogens with one attached hydrogen (secondary N) is 2. The van der Waals surface area contributed by atoms with Crippen molar-refractivity contribution in [2.75, 3.05) is 49.3 Å². The SMILES string of the molecule is CCN(CCOC)c1nc(NCC(F)F)c(N)cc1C(=O)N[C@H]1CC[C@H](C(F)(F)F)CC1. The maximum atomic E-state index is 13.0. The molecule has 0 aliphatic heterocycles. The highest BCUT2D eigenvalue weighted by Crippen LogP contribution is 2.37. The van der Waals surface area contributed by atoms with E-state index in [1.807, 2.05) is 6.92 Å². The van der Waals surface area contributed by atoms with Crippen molar-refractivity contribution in [3.63, 3.8) is 0 Å². The van der Waals surface area contributed by atoms with E-state index in [9.17, 15) is 26.7 Å². The second-order valence-electron chi connectivity index (χ2n) is 7.71. The molecule has 12 heteroatoms. The van der Waals surface area contributed by atoms with Gasteiger partial charge in [-0.3, -0.25) is 4.79 Å². The first-order valence-electron chi connectivity index (χ1n) is 10.5. The van der Waals surface area contributed by atoms with Gasteiger partial charge in [-0.05, 0) is 38.7 Å². The zero-order valence-corrected chi connectivity index (χ0v) is 18.1. The standard InChI is InChI=1S/C20H30F5N5O2/c1-3-30(8-9-32-2)18-14(10-15(26)17(29-18)27-11-16(21)22)19(31)28-13-6-4-12(5-7-13)20(23,24)25/h10,12-13,16H,3-9,11,26H2,1-2H3,(H,27,29)(H,28,31)/t12-,13-. The van der Waals surface area contributed by atoms with Crippen molar-refractivity contribution in [1.82, 2.24) is 10.3 Å². The Morgan fingerprint density at radius 3 is 2.50 bits per heavy atom. The van der Waals surface area contributed by atoms with Crippen molar-refractivity contribution in [1.29, 1.82) is 0 Å². The van der Waals surface area contributed by atoms with Crippen LogP contribution in [0, 0.1) is 5.92 Å². The fourth-order valence-corrected chi connectivity index (χ4v) is 3.69. The van der Waals surface area contributed by atoms with Crippen molar-refractivity contribution in [3.8, 4) is 0 Å². The Balaban J connectivity index is 2.23. The fourth-order valence-electron chi connectivity index (χ4n) is 3.69. The Bertz CT molecular complexity index is 755. The van der Waals surface area contributed by atoms with Crippen molar-refractivity contribution in [2.24, 2.45) is 5.92 Å². The summed E-state index contributed by atoms with van der Waals surface area (Å²) in [5, 5.41) is 5.25. The number of anilines is 3. The van der Waals surface area contributed by atoms with E-state index in [1.54, 1.807) is 4.90 Å². The van der Waals surface area contributed by atoms with Gasteiger partial charge in [0.2, 0.25) is 0 Å². The fraction of sp³-hybridized carbons (Fsp3) is 0.700. The number of carbonyl (C=O) groups excluding carboxylic acids is 1. The Labute approximate surface area is 183 Å². The maximum absolute atomic E-state index is 13.0. The van der Waals surface area contributed by atoms with E-state index in [4.69, 9.17) is 10.5 Å². The molecule has 0 radical (unpaired) electrons. The van der Waals surface area contributed by atoms with Crippen LogP contribution < -0.4 is 21.3 Å². The number of hydrogen-bond donors (Lipinski definition) is 3. The monoisotopic (exact) mass is 467 g/mol. The van der Waals surface area contributed by atoms with Crippen molar-refractivity contribution < 1.29 is 31.5 Å². The van der Waals surface area contributed by atoms with Crippen molar-refractivity contribution in [3.05, 3.63) is 11.6 Å². The van der Waals surface area contributed by atoms with E-state index in [0.717, 1.165) is 0 Å². The third-order valence-electron chi connectivity index (χ3n) is 5.47. The molecule has 7 nitrogen and oxygen atoms in total. The molecule has 0 saturated heterocycles. The zero-order chi connectivity index (χ0) is 23.9. The third kappa shape index (κ3) is 7.07. The van der Waals surface area contributed by atoms with Crippen LogP contribution in [0.1, 0.15) is 43.0 Å². The molecule has 32 heavy (non-hydrogen) atoms. The summed E-state index contributed by atoms with van der Waals surface area (Å²) in [5.41, 5.74) is 6.08. The Kier molecular flexibility index (Phi) is 9.29. The third-order valence-corrected chi connectivity index (χ3v) is 5.47. The second kappa shape index (κ2) is 11.5. The van der Waals surface area contributed by atoms with Gasteiger partial charge >= 0.3 is 6.18 Å². The predicted molar refractivity (Wildman–Crippen MR) is 112 cm³/mol. The molecular formula is C20H30F5N5O2. The number of amides is 1. The van der Waals surface area contributed by atoms with Gasteiger partial charge in [0.25, 0.3) is 12.3 Å². The number of pyridine rings is 1. The van der Waals surface area contributed by atoms with Crippen LogP contribution >= 0.6 is 0 Å². The number of halogens is 5. The Morgan fingerprint density at radius 1 is 1.31 bits per heavy atom. The van der Waals surface area contributed by atoms with E-state index in [2.05, 4.69) is 15.6 Å². The molecule has 1 aliphatic rings. The molecule has 182 valence electrons. The van der Waals surface area contributed by atoms with Gasteiger partial charge in [-0.2, -0.15) is 13.2 Å². The molecule has 1 amide bonds. The highest BCUT2D eigenvalue weighted by atomic mass is 19.4. The number of alkyl halides is 5. The summed E-state index contributed by atoms with van der Waals surface area (Å²) in [7, 11) is 1.52. The average molecular weight is 467 g/mol. The van der Waals surface area contributed by atoms with Gasteiger partial charge in [0.1, 0.15) is 5.82 Å². The first kappa shape index (κ1) is 25.9. The molecule has 2 rings (SSSR count). The van der Waals surface area contributed by atoms with Crippen molar-refractivity contribution in [2.45, 2.75) is 51.3 Å². The quantitative estimate of drug-likeness (QED) is 0.455. The smallest absolute Gasteiger partial charge is 0.391 e. The topological polar surface area (TPSA) is 92.5 Å². The number of nitrogens with zero attached hydrogens (tertiary/aromatic N) is 2. The first-order valence-corrected chi connectivity index (χ1v) is 10.5. The molecule has 0 aromatic carbocycles. The Morgan fingerprint density at radius 2 is 1.97 bits per heavy atom. The number of carbonyl (C=O) groups is 1. The number of likely N-dealkylation sites (N-methyl/N-ethyl adjacent to an activating group) is 1. The summed E-state index contributed by atoms with van der Waals surface area (Å²) < 4.78 is 69.0. The molecule has 0 spiro atoms. The van der Waals surface area contributed by atoms with Crippen LogP contribution in [-0.4, -0.2) is 62.9 Å². The summed E-state index contributed by atoms with van der Waals surface area (Å²) in [5.74, 6) is -1.62. The number of nitrogens with two attached hydrogens (primary N) is 1. The van der Waals surface area contributed by atoms with Gasteiger partial charge in [-0.25, -0.2) is 13.8 Å². The first-order chi connectivity index (χ1) is 15.1. The van der Waals surface area contributed by atoms with Crippen molar-refractivity contribution >= 4 is 23.2 Å². The maximum Gasteiger partial charge on any atom is 0.391 e. The summed E-state index contributed by atoms with van der Waals surface area (Å²) in [6, 6.07) is 0.948. The minimum absolute atomic E-state index is 0.0168. The zero-order valence-electron chi connectivity index (χ0n) is 18.1. The van der Waals surface area contributed by atoms with Crippen LogP contribution in [0.15, 0.2) is 6.07 Å². The lowest BCUT2D eigenvalue weighted by Crippen LogP contribution is -2.41. The van der Waals surface area contributed by atoms with Gasteiger partial charge in [0, 0.05) is 26.2 Å². The lowest BCUT2D eigenvalue weighted by atomic mass is 9.85. The lowest BCUT2D eigenvalue weighted by molar-refractivity contribution is -0.182. The number of aromatic nitrogens is 1. The van der Waals surface area contributed by atoms with Crippen LogP contribution in [-0.2, 0) is 4.74 Å². The number of hydrogen-bond acceptors (Lipinski definition) is 6. The largest absolute Gasteiger partial charge is 0.396 e. The molecule has 1 saturated carbocycles. The van der Waals surface area contributed by atoms with Gasteiger partial charge < -0.3 is 26.0 Å². The molecule has 0 atom stereocenters. The minimum Gasteiger partial charge on any atom is -0.396 e. The second-order valence-corrected chi connectivity index (χ2v) is 7.71. The van der Waals surface area contributed by atoms with Crippen LogP contribution in [0.25, 0.3) is 0 Å². The molecule has 1 aliphatic carbocycles. The minimum atomic E-state index is -4.23. The number of nitrogen functional groups attached to an aromatic ring is 1. The van der Waals surface area contributed by atoms with Gasteiger partial charge in [0.15, 0.2) is 5.82 Å². The molecule has 0 bridgehead atoms. The lowest BCUT2D eigenvalue weighted by Gasteiger charge is -2.31. The van der Waals surface area contributed by atoms with E-state index in [1.165, 1.54) is 13.2 Å². The number of ether oxygens (including phenoxy) is 1. The summed E-state index contributed by atoms with van der Waals surface area (Å²) >= 11 is 0. The predicted octanol–water partition coefficient (Wildman–Crippen LogP) is 3.66. The molecule has 4 N–H and O–H groups in total. The summed E-state index contributed by atoms with van der Waals surface area (Å²) in [6.07, 6.45) is -6.53. The van der Waals surface area contributed by atoms with Gasteiger partial charge in [0.05, 0.1) is 30.3 Å². The summed E-state index contributed by atoms with van der Waals surface area (Å²) in [4.78, 5) is 19.1. The number of methoxy groups -OCH3 is 1. The molecule has 1 aromatic heterocycles.